The number of carbonyl (C=O) groups excluding carboxylic acids is 1. The van der Waals surface area contributed by atoms with Crippen molar-refractivity contribution in [2.24, 2.45) is 0 Å². The maximum Gasteiger partial charge on any atom is 0.160 e. The molecule has 82 valence electrons. The van der Waals surface area contributed by atoms with Crippen LogP contribution < -0.4 is 4.74 Å². The van der Waals surface area contributed by atoms with Gasteiger partial charge in [0, 0.05) is 10.9 Å². The van der Waals surface area contributed by atoms with Crippen molar-refractivity contribution in [3.63, 3.8) is 0 Å². The third kappa shape index (κ3) is 1.78. The minimum atomic E-state index is 0.0674. The number of carbonyl (C=O) groups is 1. The summed E-state index contributed by atoms with van der Waals surface area (Å²) in [6.45, 7) is 4.12. The van der Waals surface area contributed by atoms with E-state index >= 15 is 0 Å². The molecule has 0 amide bonds. The lowest BCUT2D eigenvalue weighted by Gasteiger charge is -2.10. The lowest BCUT2D eigenvalue weighted by atomic mass is 10.0. The third-order valence-electron chi connectivity index (χ3n) is 2.55. The topological polar surface area (TPSA) is 26.3 Å². The summed E-state index contributed by atoms with van der Waals surface area (Å²) in [5.41, 5.74) is 0.724. The molecule has 0 spiro atoms. The average molecular weight is 214 g/mol. The molecule has 0 saturated carbocycles. The summed E-state index contributed by atoms with van der Waals surface area (Å²) in [6.07, 6.45) is 0. The van der Waals surface area contributed by atoms with Gasteiger partial charge in [-0.05, 0) is 25.3 Å². The van der Waals surface area contributed by atoms with Gasteiger partial charge in [0.15, 0.2) is 5.78 Å². The van der Waals surface area contributed by atoms with Crippen LogP contribution in [0.15, 0.2) is 36.4 Å². The van der Waals surface area contributed by atoms with E-state index in [-0.39, 0.29) is 5.78 Å². The van der Waals surface area contributed by atoms with Crippen LogP contribution in [0.5, 0.6) is 5.75 Å². The summed E-state index contributed by atoms with van der Waals surface area (Å²) in [4.78, 5) is 11.6. The molecular formula is C14H14O2. The van der Waals surface area contributed by atoms with E-state index in [1.807, 2.05) is 43.3 Å². The Bertz CT molecular complexity index is 524. The molecule has 0 aliphatic heterocycles. The van der Waals surface area contributed by atoms with Gasteiger partial charge in [0.2, 0.25) is 0 Å². The molecule has 0 heterocycles. The van der Waals surface area contributed by atoms with Crippen LogP contribution in [0.3, 0.4) is 0 Å². The smallest absolute Gasteiger partial charge is 0.160 e. The van der Waals surface area contributed by atoms with E-state index < -0.39 is 0 Å². The Morgan fingerprint density at radius 2 is 1.88 bits per heavy atom. The maximum absolute atomic E-state index is 11.6. The van der Waals surface area contributed by atoms with Crippen LogP contribution in [-0.2, 0) is 0 Å². The summed E-state index contributed by atoms with van der Waals surface area (Å²) in [7, 11) is 0. The second-order valence-corrected chi connectivity index (χ2v) is 3.65. The van der Waals surface area contributed by atoms with Gasteiger partial charge < -0.3 is 4.74 Å². The van der Waals surface area contributed by atoms with Gasteiger partial charge in [-0.25, -0.2) is 0 Å². The van der Waals surface area contributed by atoms with Crippen molar-refractivity contribution in [2.75, 3.05) is 6.61 Å². The fraction of sp³-hybridized carbons (Fsp3) is 0.214. The second kappa shape index (κ2) is 4.35. The highest BCUT2D eigenvalue weighted by Gasteiger charge is 2.09. The lowest BCUT2D eigenvalue weighted by molar-refractivity contribution is 0.101. The Morgan fingerprint density at radius 1 is 1.19 bits per heavy atom. The molecule has 2 aromatic rings. The van der Waals surface area contributed by atoms with Gasteiger partial charge in [0.25, 0.3) is 0 Å². The fourth-order valence-corrected chi connectivity index (χ4v) is 1.88. The van der Waals surface area contributed by atoms with Crippen molar-refractivity contribution in [1.82, 2.24) is 0 Å². The van der Waals surface area contributed by atoms with E-state index in [1.54, 1.807) is 6.92 Å². The SMILES string of the molecule is CCOc1cccc2cccc(C(C)=O)c12. The van der Waals surface area contributed by atoms with Gasteiger partial charge in [0.05, 0.1) is 6.61 Å². The number of Topliss-reactive ketones (excluding diaryl/α,β-unsaturated/α-hetero) is 1. The quantitative estimate of drug-likeness (QED) is 0.731. The molecule has 0 aliphatic carbocycles. The Hall–Kier alpha value is -1.83. The number of rotatable bonds is 3. The molecule has 2 aromatic carbocycles. The first kappa shape index (κ1) is 10.7. The maximum atomic E-state index is 11.6. The molecule has 0 bridgehead atoms. The molecule has 0 aromatic heterocycles. The van der Waals surface area contributed by atoms with Gasteiger partial charge in [0.1, 0.15) is 5.75 Å². The highest BCUT2D eigenvalue weighted by atomic mass is 16.5. The minimum Gasteiger partial charge on any atom is -0.493 e. The molecule has 0 fully saturated rings. The predicted molar refractivity (Wildman–Crippen MR) is 65.1 cm³/mol. The van der Waals surface area contributed by atoms with Crippen molar-refractivity contribution >= 4 is 16.6 Å². The highest BCUT2D eigenvalue weighted by molar-refractivity contribution is 6.09. The summed E-state index contributed by atoms with van der Waals surface area (Å²) in [5.74, 6) is 0.851. The number of benzene rings is 2. The van der Waals surface area contributed by atoms with Gasteiger partial charge in [-0.2, -0.15) is 0 Å². The van der Waals surface area contributed by atoms with Gasteiger partial charge in [-0.1, -0.05) is 30.3 Å². The molecular weight excluding hydrogens is 200 g/mol. The predicted octanol–water partition coefficient (Wildman–Crippen LogP) is 3.44. The number of hydrogen-bond donors (Lipinski definition) is 0. The molecule has 0 aliphatic rings. The van der Waals surface area contributed by atoms with Crippen LogP contribution in [0.1, 0.15) is 24.2 Å². The van der Waals surface area contributed by atoms with E-state index in [4.69, 9.17) is 4.74 Å². The van der Waals surface area contributed by atoms with Crippen LogP contribution in [0.4, 0.5) is 0 Å². The zero-order chi connectivity index (χ0) is 11.5. The Kier molecular flexibility index (Phi) is 2.91. The first-order valence-corrected chi connectivity index (χ1v) is 5.39. The van der Waals surface area contributed by atoms with Crippen LogP contribution in [-0.4, -0.2) is 12.4 Å². The van der Waals surface area contributed by atoms with Crippen LogP contribution in [0.2, 0.25) is 0 Å². The van der Waals surface area contributed by atoms with Gasteiger partial charge in [-0.3, -0.25) is 4.79 Å². The normalized spacial score (nSPS) is 10.4. The second-order valence-electron chi connectivity index (χ2n) is 3.65. The lowest BCUT2D eigenvalue weighted by Crippen LogP contribution is -1.98. The summed E-state index contributed by atoms with van der Waals surface area (Å²) in [5, 5.41) is 1.96. The number of hydrogen-bond acceptors (Lipinski definition) is 2. The standard InChI is InChI=1S/C14H14O2/c1-3-16-13-9-5-7-11-6-4-8-12(10(2)15)14(11)13/h4-9H,3H2,1-2H3. The van der Waals surface area contributed by atoms with Crippen molar-refractivity contribution < 1.29 is 9.53 Å². The minimum absolute atomic E-state index is 0.0674. The van der Waals surface area contributed by atoms with Crippen molar-refractivity contribution in [3.8, 4) is 5.75 Å². The zero-order valence-corrected chi connectivity index (χ0v) is 9.49. The first-order chi connectivity index (χ1) is 7.74. The number of ether oxygens (including phenoxy) is 1. The van der Waals surface area contributed by atoms with E-state index in [9.17, 15) is 4.79 Å². The third-order valence-corrected chi connectivity index (χ3v) is 2.55. The van der Waals surface area contributed by atoms with E-state index in [1.165, 1.54) is 0 Å². The molecule has 2 nitrogen and oxygen atoms in total. The molecule has 0 unspecified atom stereocenters. The molecule has 0 radical (unpaired) electrons. The van der Waals surface area contributed by atoms with Crippen LogP contribution >= 0.6 is 0 Å². The summed E-state index contributed by atoms with van der Waals surface area (Å²) < 4.78 is 5.56. The van der Waals surface area contributed by atoms with Crippen molar-refractivity contribution in [2.45, 2.75) is 13.8 Å². The van der Waals surface area contributed by atoms with Gasteiger partial charge in [-0.15, -0.1) is 0 Å². The van der Waals surface area contributed by atoms with Crippen LogP contribution in [0, 0.1) is 0 Å². The van der Waals surface area contributed by atoms with Gasteiger partial charge >= 0.3 is 0 Å². The molecule has 2 rings (SSSR count). The number of ketones is 1. The monoisotopic (exact) mass is 214 g/mol. The van der Waals surface area contributed by atoms with E-state index in [2.05, 4.69) is 0 Å². The molecule has 0 saturated heterocycles. The molecule has 0 N–H and O–H groups in total. The van der Waals surface area contributed by atoms with Crippen molar-refractivity contribution in [1.29, 1.82) is 0 Å². The Morgan fingerprint density at radius 3 is 2.50 bits per heavy atom. The van der Waals surface area contributed by atoms with E-state index in [0.29, 0.717) is 6.61 Å². The fourth-order valence-electron chi connectivity index (χ4n) is 1.88. The average Bonchev–Trinajstić information content (AvgIpc) is 2.29. The Balaban J connectivity index is 2.76. The van der Waals surface area contributed by atoms with Crippen LogP contribution in [0.25, 0.3) is 10.8 Å². The van der Waals surface area contributed by atoms with Crippen molar-refractivity contribution in [3.05, 3.63) is 42.0 Å². The Labute approximate surface area is 94.8 Å². The molecule has 16 heavy (non-hydrogen) atoms. The number of fused-ring (bicyclic) bond motifs is 1. The highest BCUT2D eigenvalue weighted by Crippen LogP contribution is 2.29. The first-order valence-electron chi connectivity index (χ1n) is 5.39. The molecule has 2 heteroatoms. The summed E-state index contributed by atoms with van der Waals surface area (Å²) in [6, 6.07) is 11.6. The largest absolute Gasteiger partial charge is 0.493 e. The van der Waals surface area contributed by atoms with E-state index in [0.717, 1.165) is 22.1 Å². The molecule has 0 atom stereocenters. The summed E-state index contributed by atoms with van der Waals surface area (Å²) >= 11 is 0. The zero-order valence-electron chi connectivity index (χ0n) is 9.49.